The molecule has 3 nitrogen and oxygen atoms in total. The summed E-state index contributed by atoms with van der Waals surface area (Å²) in [7, 11) is 1.63. The Labute approximate surface area is 110 Å². The van der Waals surface area contributed by atoms with Crippen LogP contribution >= 0.6 is 15.9 Å². The van der Waals surface area contributed by atoms with Gasteiger partial charge in [-0.25, -0.2) is 0 Å². The van der Waals surface area contributed by atoms with E-state index < -0.39 is 5.60 Å². The fraction of sp³-hybridized carbons (Fsp3) is 0.538. The van der Waals surface area contributed by atoms with E-state index in [1.807, 2.05) is 18.2 Å². The van der Waals surface area contributed by atoms with E-state index in [2.05, 4.69) is 15.9 Å². The topological polar surface area (TPSA) is 38.7 Å². The van der Waals surface area contributed by atoms with E-state index in [1.165, 1.54) is 0 Å². The lowest BCUT2D eigenvalue weighted by molar-refractivity contribution is 0.00117. The van der Waals surface area contributed by atoms with E-state index in [1.54, 1.807) is 7.11 Å². The second kappa shape index (κ2) is 5.27. The summed E-state index contributed by atoms with van der Waals surface area (Å²) in [6.07, 6.45) is 3.84. The van der Waals surface area contributed by atoms with E-state index in [0.29, 0.717) is 6.61 Å². The van der Waals surface area contributed by atoms with Gasteiger partial charge in [0.15, 0.2) is 0 Å². The third kappa shape index (κ3) is 3.13. The highest BCUT2D eigenvalue weighted by molar-refractivity contribution is 9.10. The zero-order valence-corrected chi connectivity index (χ0v) is 11.5. The highest BCUT2D eigenvalue weighted by Crippen LogP contribution is 2.33. The fourth-order valence-electron chi connectivity index (χ4n) is 2.12. The molecule has 0 amide bonds. The second-order valence-corrected chi connectivity index (χ2v) is 5.37. The van der Waals surface area contributed by atoms with Gasteiger partial charge >= 0.3 is 0 Å². The molecule has 0 radical (unpaired) electrons. The molecular weight excluding hydrogens is 284 g/mol. The maximum Gasteiger partial charge on any atom is 0.133 e. The van der Waals surface area contributed by atoms with Crippen LogP contribution in [0.5, 0.6) is 11.5 Å². The van der Waals surface area contributed by atoms with E-state index >= 15 is 0 Å². The predicted octanol–water partition coefficient (Wildman–Crippen LogP) is 3.14. The Morgan fingerprint density at radius 2 is 2.06 bits per heavy atom. The molecule has 1 fully saturated rings. The number of aliphatic hydroxyl groups is 1. The molecule has 1 aromatic rings. The fourth-order valence-corrected chi connectivity index (χ4v) is 2.59. The first kappa shape index (κ1) is 12.7. The number of ether oxygens (including phenoxy) is 2. The van der Waals surface area contributed by atoms with E-state index in [0.717, 1.165) is 41.7 Å². The van der Waals surface area contributed by atoms with Crippen LogP contribution in [0.2, 0.25) is 0 Å². The SMILES string of the molecule is COc1ccc(OCC2(O)CCCC2)c(Br)c1. The molecule has 1 aliphatic rings. The normalized spacial score (nSPS) is 18.1. The van der Waals surface area contributed by atoms with Gasteiger partial charge in [0.25, 0.3) is 0 Å². The number of methoxy groups -OCH3 is 1. The van der Waals surface area contributed by atoms with Crippen molar-refractivity contribution in [1.82, 2.24) is 0 Å². The first-order valence-electron chi connectivity index (χ1n) is 5.82. The minimum atomic E-state index is -0.640. The van der Waals surface area contributed by atoms with Crippen LogP contribution in [0.3, 0.4) is 0 Å². The third-order valence-electron chi connectivity index (χ3n) is 3.17. The minimum absolute atomic E-state index is 0.359. The highest BCUT2D eigenvalue weighted by Gasteiger charge is 2.32. The lowest BCUT2D eigenvalue weighted by Crippen LogP contribution is -2.32. The number of halogens is 1. The van der Waals surface area contributed by atoms with Gasteiger partial charge in [0.05, 0.1) is 17.2 Å². The van der Waals surface area contributed by atoms with E-state index in [9.17, 15) is 5.11 Å². The predicted molar refractivity (Wildman–Crippen MR) is 69.6 cm³/mol. The van der Waals surface area contributed by atoms with Crippen molar-refractivity contribution in [3.05, 3.63) is 22.7 Å². The molecule has 1 aromatic carbocycles. The summed E-state index contributed by atoms with van der Waals surface area (Å²) < 4.78 is 11.6. The molecule has 0 unspecified atom stereocenters. The number of benzene rings is 1. The number of rotatable bonds is 4. The van der Waals surface area contributed by atoms with Gasteiger partial charge in [0.2, 0.25) is 0 Å². The van der Waals surface area contributed by atoms with Crippen molar-refractivity contribution in [2.75, 3.05) is 13.7 Å². The Morgan fingerprint density at radius 3 is 2.65 bits per heavy atom. The lowest BCUT2D eigenvalue weighted by atomic mass is 10.0. The van der Waals surface area contributed by atoms with Crippen LogP contribution in [-0.2, 0) is 0 Å². The standard InChI is InChI=1S/C13H17BrO3/c1-16-10-4-5-12(11(14)8-10)17-9-13(15)6-2-3-7-13/h4-5,8,15H,2-3,6-7,9H2,1H3. The summed E-state index contributed by atoms with van der Waals surface area (Å²) in [4.78, 5) is 0. The molecule has 2 rings (SSSR count). The molecule has 0 heterocycles. The van der Waals surface area contributed by atoms with E-state index in [-0.39, 0.29) is 0 Å². The molecule has 0 aromatic heterocycles. The molecule has 17 heavy (non-hydrogen) atoms. The van der Waals surface area contributed by atoms with Crippen LogP contribution in [0.1, 0.15) is 25.7 Å². The molecule has 1 saturated carbocycles. The molecule has 1 aliphatic carbocycles. The molecule has 0 aliphatic heterocycles. The first-order chi connectivity index (χ1) is 8.13. The van der Waals surface area contributed by atoms with Gasteiger partial charge in [-0.1, -0.05) is 12.8 Å². The first-order valence-corrected chi connectivity index (χ1v) is 6.61. The zero-order chi connectivity index (χ0) is 12.3. The Balaban J connectivity index is 1.99. The number of hydrogen-bond acceptors (Lipinski definition) is 3. The van der Waals surface area contributed by atoms with Crippen molar-refractivity contribution >= 4 is 15.9 Å². The van der Waals surface area contributed by atoms with Crippen molar-refractivity contribution in [3.8, 4) is 11.5 Å². The average Bonchev–Trinajstić information content (AvgIpc) is 2.75. The second-order valence-electron chi connectivity index (χ2n) is 4.52. The van der Waals surface area contributed by atoms with Crippen LogP contribution in [0.15, 0.2) is 22.7 Å². The summed E-state index contributed by atoms with van der Waals surface area (Å²) in [6.45, 7) is 0.359. The van der Waals surface area contributed by atoms with Crippen molar-refractivity contribution in [3.63, 3.8) is 0 Å². The van der Waals surface area contributed by atoms with Crippen LogP contribution in [0, 0.1) is 0 Å². The summed E-state index contributed by atoms with van der Waals surface area (Å²) >= 11 is 3.43. The third-order valence-corrected chi connectivity index (χ3v) is 3.79. The molecular formula is C13H17BrO3. The molecule has 0 atom stereocenters. The van der Waals surface area contributed by atoms with Gasteiger partial charge < -0.3 is 14.6 Å². The van der Waals surface area contributed by atoms with Gasteiger partial charge in [0, 0.05) is 0 Å². The van der Waals surface area contributed by atoms with Crippen molar-refractivity contribution in [2.45, 2.75) is 31.3 Å². The Hall–Kier alpha value is -0.740. The average molecular weight is 301 g/mol. The molecule has 4 heteroatoms. The molecule has 1 N–H and O–H groups in total. The van der Waals surface area contributed by atoms with Crippen molar-refractivity contribution < 1.29 is 14.6 Å². The van der Waals surface area contributed by atoms with Crippen LogP contribution < -0.4 is 9.47 Å². The lowest BCUT2D eigenvalue weighted by Gasteiger charge is -2.22. The molecule has 0 spiro atoms. The smallest absolute Gasteiger partial charge is 0.133 e. The van der Waals surface area contributed by atoms with Gasteiger partial charge in [0.1, 0.15) is 18.1 Å². The molecule has 0 bridgehead atoms. The quantitative estimate of drug-likeness (QED) is 0.928. The van der Waals surface area contributed by atoms with E-state index in [4.69, 9.17) is 9.47 Å². The number of hydrogen-bond donors (Lipinski definition) is 1. The maximum atomic E-state index is 10.2. The molecule has 0 saturated heterocycles. The summed E-state index contributed by atoms with van der Waals surface area (Å²) in [5, 5.41) is 10.2. The zero-order valence-electron chi connectivity index (χ0n) is 9.91. The maximum absolute atomic E-state index is 10.2. The monoisotopic (exact) mass is 300 g/mol. The highest BCUT2D eigenvalue weighted by atomic mass is 79.9. The van der Waals surface area contributed by atoms with Gasteiger partial charge in [-0.2, -0.15) is 0 Å². The largest absolute Gasteiger partial charge is 0.497 e. The summed E-state index contributed by atoms with van der Waals surface area (Å²) in [5.41, 5.74) is -0.640. The Bertz CT molecular complexity index is 386. The Morgan fingerprint density at radius 1 is 1.35 bits per heavy atom. The molecule has 94 valence electrons. The van der Waals surface area contributed by atoms with Crippen molar-refractivity contribution in [2.24, 2.45) is 0 Å². The summed E-state index contributed by atoms with van der Waals surface area (Å²) in [6, 6.07) is 5.55. The Kier molecular flexibility index (Phi) is 3.94. The summed E-state index contributed by atoms with van der Waals surface area (Å²) in [5.74, 6) is 1.52. The van der Waals surface area contributed by atoms with Crippen LogP contribution in [-0.4, -0.2) is 24.4 Å². The van der Waals surface area contributed by atoms with Gasteiger partial charge in [-0.05, 0) is 47.0 Å². The van der Waals surface area contributed by atoms with Crippen LogP contribution in [0.4, 0.5) is 0 Å². The minimum Gasteiger partial charge on any atom is -0.497 e. The van der Waals surface area contributed by atoms with Gasteiger partial charge in [-0.3, -0.25) is 0 Å². The van der Waals surface area contributed by atoms with Crippen LogP contribution in [0.25, 0.3) is 0 Å². The van der Waals surface area contributed by atoms with Gasteiger partial charge in [-0.15, -0.1) is 0 Å². The van der Waals surface area contributed by atoms with Crippen molar-refractivity contribution in [1.29, 1.82) is 0 Å².